The van der Waals surface area contributed by atoms with Crippen LogP contribution >= 0.6 is 11.6 Å². The molecule has 7 heteroatoms. The van der Waals surface area contributed by atoms with E-state index in [1.807, 2.05) is 12.3 Å². The van der Waals surface area contributed by atoms with Crippen molar-refractivity contribution in [2.24, 2.45) is 11.8 Å². The van der Waals surface area contributed by atoms with E-state index in [1.165, 1.54) is 54.2 Å². The summed E-state index contributed by atoms with van der Waals surface area (Å²) >= 11 is 6.50. The summed E-state index contributed by atoms with van der Waals surface area (Å²) in [5, 5.41) is 4.28. The standard InChI is InChI=1S/C27H34ClN3O2S/c1-34(32,33)31-15-10-20(11-16-31)26-23-9-8-22(28)17-21(23)18-25(24-7-4-14-30-27(24)26)19-5-2-12-29-13-3-6-19/h4,7-9,14,17-20,26,29H,2-3,5-6,10-13,15-16H2,1H3. The second kappa shape index (κ2) is 10.1. The van der Waals surface area contributed by atoms with E-state index in [0.29, 0.717) is 24.9 Å². The van der Waals surface area contributed by atoms with Crippen LogP contribution in [0.5, 0.6) is 0 Å². The first-order valence-electron chi connectivity index (χ1n) is 12.5. The maximum Gasteiger partial charge on any atom is 0.211 e. The minimum absolute atomic E-state index is 0.133. The molecule has 5 nitrogen and oxygen atoms in total. The first-order chi connectivity index (χ1) is 16.4. The van der Waals surface area contributed by atoms with E-state index in [-0.39, 0.29) is 5.92 Å². The molecule has 1 unspecified atom stereocenters. The van der Waals surface area contributed by atoms with Gasteiger partial charge in [-0.15, -0.1) is 0 Å². The van der Waals surface area contributed by atoms with Crippen molar-refractivity contribution in [2.75, 3.05) is 32.4 Å². The minimum Gasteiger partial charge on any atom is -0.317 e. The number of hydrogen-bond acceptors (Lipinski definition) is 4. The molecule has 0 saturated carbocycles. The molecule has 3 aliphatic rings. The number of nitrogens with one attached hydrogen (secondary N) is 1. The van der Waals surface area contributed by atoms with Gasteiger partial charge in [-0.2, -0.15) is 0 Å². The smallest absolute Gasteiger partial charge is 0.211 e. The van der Waals surface area contributed by atoms with Gasteiger partial charge < -0.3 is 5.32 Å². The lowest BCUT2D eigenvalue weighted by Crippen LogP contribution is -2.39. The molecule has 34 heavy (non-hydrogen) atoms. The van der Waals surface area contributed by atoms with E-state index in [2.05, 4.69) is 35.7 Å². The molecule has 1 aliphatic carbocycles. The molecule has 3 heterocycles. The monoisotopic (exact) mass is 499 g/mol. The van der Waals surface area contributed by atoms with Crippen molar-refractivity contribution in [3.8, 4) is 0 Å². The summed E-state index contributed by atoms with van der Waals surface area (Å²) in [5.74, 6) is 0.970. The second-order valence-electron chi connectivity index (χ2n) is 10.0. The number of nitrogens with zero attached hydrogens (tertiary/aromatic N) is 2. The van der Waals surface area contributed by atoms with Crippen LogP contribution in [0.3, 0.4) is 0 Å². The van der Waals surface area contributed by atoms with Gasteiger partial charge in [-0.25, -0.2) is 12.7 Å². The molecule has 182 valence electrons. The number of rotatable bonds is 3. The minimum atomic E-state index is -3.16. The predicted molar refractivity (Wildman–Crippen MR) is 139 cm³/mol. The Kier molecular flexibility index (Phi) is 7.12. The fraction of sp³-hybridized carbons (Fsp3) is 0.519. The van der Waals surface area contributed by atoms with Gasteiger partial charge in [0.15, 0.2) is 0 Å². The largest absolute Gasteiger partial charge is 0.317 e. The van der Waals surface area contributed by atoms with Crippen LogP contribution in [0.1, 0.15) is 66.8 Å². The topological polar surface area (TPSA) is 62.3 Å². The number of pyridine rings is 1. The van der Waals surface area contributed by atoms with Crippen molar-refractivity contribution in [3.63, 3.8) is 0 Å². The van der Waals surface area contributed by atoms with Crippen molar-refractivity contribution >= 4 is 33.3 Å². The summed E-state index contributed by atoms with van der Waals surface area (Å²) in [7, 11) is -3.16. The van der Waals surface area contributed by atoms with Gasteiger partial charge >= 0.3 is 0 Å². The van der Waals surface area contributed by atoms with Gasteiger partial charge in [0.05, 0.1) is 11.9 Å². The number of aromatic nitrogens is 1. The highest BCUT2D eigenvalue weighted by Crippen LogP contribution is 2.47. The van der Waals surface area contributed by atoms with Gasteiger partial charge in [0.25, 0.3) is 0 Å². The number of hydrogen-bond donors (Lipinski definition) is 1. The zero-order chi connectivity index (χ0) is 23.7. The zero-order valence-electron chi connectivity index (χ0n) is 19.8. The fourth-order valence-electron chi connectivity index (χ4n) is 6.14. The van der Waals surface area contributed by atoms with Crippen LogP contribution in [0.25, 0.3) is 11.6 Å². The van der Waals surface area contributed by atoms with Crippen LogP contribution in [0.4, 0.5) is 0 Å². The summed E-state index contributed by atoms with van der Waals surface area (Å²) < 4.78 is 25.8. The summed E-state index contributed by atoms with van der Waals surface area (Å²) in [4.78, 5) is 4.99. The Hall–Kier alpha value is -1.73. The summed E-state index contributed by atoms with van der Waals surface area (Å²) in [6.07, 6.45) is 12.0. The third kappa shape index (κ3) is 4.97. The number of sulfonamides is 1. The third-order valence-corrected chi connectivity index (χ3v) is 9.37. The molecule has 0 radical (unpaired) electrons. The maximum absolute atomic E-state index is 12.1. The van der Waals surface area contributed by atoms with E-state index in [4.69, 9.17) is 16.6 Å². The quantitative estimate of drug-likeness (QED) is 0.632. The fourth-order valence-corrected chi connectivity index (χ4v) is 7.19. The van der Waals surface area contributed by atoms with E-state index in [0.717, 1.165) is 36.6 Å². The Bertz CT molecular complexity index is 1160. The van der Waals surface area contributed by atoms with Crippen molar-refractivity contribution in [1.82, 2.24) is 14.6 Å². The van der Waals surface area contributed by atoms with Gasteiger partial charge in [-0.05, 0) is 98.3 Å². The van der Waals surface area contributed by atoms with Crippen LogP contribution < -0.4 is 5.32 Å². The van der Waals surface area contributed by atoms with Crippen molar-refractivity contribution < 1.29 is 8.42 Å². The van der Waals surface area contributed by atoms with Gasteiger partial charge in [0.1, 0.15) is 0 Å². The van der Waals surface area contributed by atoms with E-state index >= 15 is 0 Å². The first kappa shape index (κ1) is 24.0. The second-order valence-corrected chi connectivity index (χ2v) is 12.4. The molecule has 1 aromatic heterocycles. The van der Waals surface area contributed by atoms with Gasteiger partial charge in [-0.3, -0.25) is 4.98 Å². The summed E-state index contributed by atoms with van der Waals surface area (Å²) in [6, 6.07) is 10.6. The normalized spacial score (nSPS) is 23.2. The lowest BCUT2D eigenvalue weighted by atomic mass is 9.76. The number of allylic oxidation sites excluding steroid dienone is 1. The Morgan fingerprint density at radius 3 is 2.50 bits per heavy atom. The molecule has 1 N–H and O–H groups in total. The highest BCUT2D eigenvalue weighted by Gasteiger charge is 2.36. The molecule has 1 atom stereocenters. The highest BCUT2D eigenvalue weighted by molar-refractivity contribution is 7.88. The lowest BCUT2D eigenvalue weighted by molar-refractivity contribution is 0.256. The van der Waals surface area contributed by atoms with Crippen LogP contribution in [-0.2, 0) is 10.0 Å². The summed E-state index contributed by atoms with van der Waals surface area (Å²) in [6.45, 7) is 3.29. The molecule has 5 rings (SSSR count). The molecule has 2 aliphatic heterocycles. The van der Waals surface area contributed by atoms with Crippen molar-refractivity contribution in [2.45, 2.75) is 44.4 Å². The summed E-state index contributed by atoms with van der Waals surface area (Å²) in [5.41, 5.74) is 6.27. The van der Waals surface area contributed by atoms with Crippen molar-refractivity contribution in [3.05, 3.63) is 63.9 Å². The Labute approximate surface area is 208 Å². The molecule has 2 aromatic rings. The van der Waals surface area contributed by atoms with E-state index in [9.17, 15) is 8.42 Å². The van der Waals surface area contributed by atoms with Crippen LogP contribution in [0, 0.1) is 11.8 Å². The molecule has 0 bridgehead atoms. The van der Waals surface area contributed by atoms with Crippen LogP contribution in [0.15, 0.2) is 36.5 Å². The molecule has 1 aromatic carbocycles. The van der Waals surface area contributed by atoms with Gasteiger partial charge in [0, 0.05) is 35.8 Å². The predicted octanol–water partition coefficient (Wildman–Crippen LogP) is 5.17. The average molecular weight is 500 g/mol. The highest BCUT2D eigenvalue weighted by atomic mass is 35.5. The third-order valence-electron chi connectivity index (χ3n) is 7.83. The number of halogens is 1. The Morgan fingerprint density at radius 1 is 1.06 bits per heavy atom. The zero-order valence-corrected chi connectivity index (χ0v) is 21.4. The number of piperidine rings is 1. The van der Waals surface area contributed by atoms with Crippen molar-refractivity contribution in [1.29, 1.82) is 0 Å². The first-order valence-corrected chi connectivity index (χ1v) is 14.8. The van der Waals surface area contributed by atoms with Gasteiger partial charge in [0.2, 0.25) is 10.0 Å². The SMILES string of the molecule is CS(=O)(=O)N1CCC(C2c3ccc(Cl)cc3C=C(C3CCCNCCC3)c3cccnc32)CC1. The van der Waals surface area contributed by atoms with Crippen LogP contribution in [0.2, 0.25) is 5.02 Å². The molecular formula is C27H34ClN3O2S. The number of benzene rings is 1. The van der Waals surface area contributed by atoms with Gasteiger partial charge in [-0.1, -0.05) is 29.8 Å². The molecule has 0 amide bonds. The molecule has 2 fully saturated rings. The lowest BCUT2D eigenvalue weighted by Gasteiger charge is -2.35. The molecule has 2 saturated heterocycles. The molecular weight excluding hydrogens is 466 g/mol. The maximum atomic E-state index is 12.1. The average Bonchev–Trinajstić information content (AvgIpc) is 2.93. The van der Waals surface area contributed by atoms with E-state index in [1.54, 1.807) is 4.31 Å². The van der Waals surface area contributed by atoms with Crippen LogP contribution in [-0.4, -0.2) is 50.1 Å². The number of fused-ring (bicyclic) bond motifs is 2. The van der Waals surface area contributed by atoms with E-state index < -0.39 is 10.0 Å². The Morgan fingerprint density at radius 2 is 1.79 bits per heavy atom. The molecule has 0 spiro atoms. The Balaban J connectivity index is 1.58.